The van der Waals surface area contributed by atoms with Crippen LogP contribution in [0.3, 0.4) is 0 Å². The Morgan fingerprint density at radius 1 is 1.00 bits per heavy atom. The SMILES string of the molecule is CSc1ccc(C(=O)c2cc[n+](C)cc2)cc1. The molecule has 0 aliphatic heterocycles. The zero-order valence-corrected chi connectivity index (χ0v) is 10.7. The van der Waals surface area contributed by atoms with Gasteiger partial charge in [-0.1, -0.05) is 0 Å². The second kappa shape index (κ2) is 5.15. The number of rotatable bonds is 3. The summed E-state index contributed by atoms with van der Waals surface area (Å²) in [6.45, 7) is 0. The van der Waals surface area contributed by atoms with E-state index in [0.29, 0.717) is 0 Å². The third-order valence-corrected chi connectivity index (χ3v) is 3.34. The van der Waals surface area contributed by atoms with Gasteiger partial charge in [0, 0.05) is 28.2 Å². The number of pyridine rings is 1. The van der Waals surface area contributed by atoms with Crippen molar-refractivity contribution >= 4 is 17.5 Å². The van der Waals surface area contributed by atoms with E-state index in [2.05, 4.69) is 0 Å². The van der Waals surface area contributed by atoms with Crippen molar-refractivity contribution in [2.24, 2.45) is 7.05 Å². The van der Waals surface area contributed by atoms with Crippen LogP contribution in [0.25, 0.3) is 0 Å². The second-order valence-electron chi connectivity index (χ2n) is 3.81. The van der Waals surface area contributed by atoms with Crippen molar-refractivity contribution < 1.29 is 9.36 Å². The van der Waals surface area contributed by atoms with Gasteiger partial charge >= 0.3 is 0 Å². The molecule has 0 aliphatic rings. The lowest BCUT2D eigenvalue weighted by Crippen LogP contribution is -2.26. The summed E-state index contributed by atoms with van der Waals surface area (Å²) in [4.78, 5) is 13.3. The standard InChI is InChI=1S/C14H14NOS/c1-15-9-7-12(8-10-15)14(16)11-3-5-13(17-2)6-4-11/h3-10H,1-2H3/q+1. The number of ketones is 1. The average molecular weight is 244 g/mol. The van der Waals surface area contributed by atoms with Crippen molar-refractivity contribution in [3.05, 3.63) is 59.9 Å². The number of nitrogens with zero attached hydrogens (tertiary/aromatic N) is 1. The van der Waals surface area contributed by atoms with Crippen molar-refractivity contribution in [1.29, 1.82) is 0 Å². The van der Waals surface area contributed by atoms with Crippen molar-refractivity contribution in [3.63, 3.8) is 0 Å². The van der Waals surface area contributed by atoms with Crippen LogP contribution < -0.4 is 4.57 Å². The van der Waals surface area contributed by atoms with E-state index in [4.69, 9.17) is 0 Å². The first-order valence-corrected chi connectivity index (χ1v) is 6.57. The van der Waals surface area contributed by atoms with Gasteiger partial charge in [-0.3, -0.25) is 4.79 Å². The fraction of sp³-hybridized carbons (Fsp3) is 0.143. The highest BCUT2D eigenvalue weighted by molar-refractivity contribution is 7.98. The van der Waals surface area contributed by atoms with E-state index in [1.807, 2.05) is 66.7 Å². The van der Waals surface area contributed by atoms with Crippen molar-refractivity contribution in [2.75, 3.05) is 6.26 Å². The number of carbonyl (C=O) groups is 1. The first kappa shape index (κ1) is 11.9. The number of benzene rings is 1. The highest BCUT2D eigenvalue weighted by Gasteiger charge is 2.09. The van der Waals surface area contributed by atoms with Gasteiger partial charge in [0.2, 0.25) is 0 Å². The molecular formula is C14H14NOS+. The van der Waals surface area contributed by atoms with Crippen molar-refractivity contribution in [3.8, 4) is 0 Å². The Morgan fingerprint density at radius 3 is 2.06 bits per heavy atom. The van der Waals surface area contributed by atoms with Crippen LogP contribution in [0.5, 0.6) is 0 Å². The molecule has 0 atom stereocenters. The van der Waals surface area contributed by atoms with E-state index < -0.39 is 0 Å². The largest absolute Gasteiger partial charge is 0.289 e. The van der Waals surface area contributed by atoms with E-state index in [0.717, 1.165) is 11.1 Å². The Kier molecular flexibility index (Phi) is 3.59. The highest BCUT2D eigenvalue weighted by Crippen LogP contribution is 2.16. The summed E-state index contributed by atoms with van der Waals surface area (Å²) in [7, 11) is 1.93. The fourth-order valence-electron chi connectivity index (χ4n) is 1.56. The van der Waals surface area contributed by atoms with Gasteiger partial charge in [0.05, 0.1) is 0 Å². The van der Waals surface area contributed by atoms with Gasteiger partial charge in [-0.15, -0.1) is 11.8 Å². The Hall–Kier alpha value is -1.61. The number of hydrogen-bond donors (Lipinski definition) is 0. The molecule has 86 valence electrons. The summed E-state index contributed by atoms with van der Waals surface area (Å²) in [6, 6.07) is 11.4. The molecule has 17 heavy (non-hydrogen) atoms. The normalized spacial score (nSPS) is 10.2. The zero-order valence-electron chi connectivity index (χ0n) is 9.88. The minimum atomic E-state index is 0.0678. The molecule has 0 N–H and O–H groups in total. The summed E-state index contributed by atoms with van der Waals surface area (Å²) < 4.78 is 1.91. The lowest BCUT2D eigenvalue weighted by atomic mass is 10.0. The average Bonchev–Trinajstić information content (AvgIpc) is 2.39. The molecular weight excluding hydrogens is 230 g/mol. The maximum absolute atomic E-state index is 12.1. The smallest absolute Gasteiger partial charge is 0.193 e. The molecule has 0 saturated carbocycles. The van der Waals surface area contributed by atoms with Gasteiger partial charge in [0.1, 0.15) is 7.05 Å². The number of aromatic nitrogens is 1. The molecule has 2 rings (SSSR count). The maximum Gasteiger partial charge on any atom is 0.193 e. The Bertz CT molecular complexity index is 517. The zero-order chi connectivity index (χ0) is 12.3. The van der Waals surface area contributed by atoms with Gasteiger partial charge in [0.25, 0.3) is 0 Å². The molecule has 0 spiro atoms. The molecule has 2 nitrogen and oxygen atoms in total. The fourth-order valence-corrected chi connectivity index (χ4v) is 1.97. The van der Waals surface area contributed by atoms with Crippen molar-refractivity contribution in [1.82, 2.24) is 0 Å². The molecule has 1 aromatic carbocycles. The quantitative estimate of drug-likeness (QED) is 0.470. The third-order valence-electron chi connectivity index (χ3n) is 2.59. The predicted octanol–water partition coefficient (Wildman–Crippen LogP) is 2.46. The number of hydrogen-bond acceptors (Lipinski definition) is 2. The number of thioether (sulfide) groups is 1. The maximum atomic E-state index is 12.1. The number of aryl methyl sites for hydroxylation is 1. The van der Waals surface area contributed by atoms with E-state index >= 15 is 0 Å². The van der Waals surface area contributed by atoms with Gasteiger partial charge in [0.15, 0.2) is 18.2 Å². The van der Waals surface area contributed by atoms with E-state index in [9.17, 15) is 4.79 Å². The summed E-state index contributed by atoms with van der Waals surface area (Å²) >= 11 is 1.67. The first-order valence-electron chi connectivity index (χ1n) is 5.35. The molecule has 0 amide bonds. The summed E-state index contributed by atoms with van der Waals surface area (Å²) in [5.74, 6) is 0.0678. The molecule has 0 saturated heterocycles. The first-order chi connectivity index (χ1) is 8.20. The molecule has 2 aromatic rings. The Balaban J connectivity index is 2.27. The molecule has 0 radical (unpaired) electrons. The summed E-state index contributed by atoms with van der Waals surface area (Å²) in [6.07, 6.45) is 5.78. The molecule has 0 bridgehead atoms. The molecule has 3 heteroatoms. The topological polar surface area (TPSA) is 20.9 Å². The van der Waals surface area contributed by atoms with Crippen LogP contribution in [0, 0.1) is 0 Å². The van der Waals surface area contributed by atoms with Crippen molar-refractivity contribution in [2.45, 2.75) is 4.90 Å². The predicted molar refractivity (Wildman–Crippen MR) is 69.3 cm³/mol. The lowest BCUT2D eigenvalue weighted by Gasteiger charge is -2.01. The molecule has 0 aliphatic carbocycles. The van der Waals surface area contributed by atoms with Gasteiger partial charge in [-0.25, -0.2) is 4.57 Å². The summed E-state index contributed by atoms with van der Waals surface area (Å²) in [5.41, 5.74) is 1.46. The molecule has 1 aromatic heterocycles. The van der Waals surface area contributed by atoms with E-state index in [1.54, 1.807) is 11.8 Å². The van der Waals surface area contributed by atoms with Crippen LogP contribution in [0.2, 0.25) is 0 Å². The van der Waals surface area contributed by atoms with E-state index in [-0.39, 0.29) is 5.78 Å². The minimum absolute atomic E-state index is 0.0678. The Morgan fingerprint density at radius 2 is 1.53 bits per heavy atom. The lowest BCUT2D eigenvalue weighted by molar-refractivity contribution is -0.671. The monoisotopic (exact) mass is 244 g/mol. The van der Waals surface area contributed by atoms with Crippen LogP contribution in [0.1, 0.15) is 15.9 Å². The van der Waals surface area contributed by atoms with Gasteiger partial charge < -0.3 is 0 Å². The summed E-state index contributed by atoms with van der Waals surface area (Å²) in [5, 5.41) is 0. The molecule has 0 unspecified atom stereocenters. The van der Waals surface area contributed by atoms with E-state index in [1.165, 1.54) is 4.90 Å². The Labute approximate surface area is 105 Å². The van der Waals surface area contributed by atoms with Gasteiger partial charge in [-0.2, -0.15) is 0 Å². The molecule has 0 fully saturated rings. The number of carbonyl (C=O) groups excluding carboxylic acids is 1. The second-order valence-corrected chi connectivity index (χ2v) is 4.69. The van der Waals surface area contributed by atoms with Crippen LogP contribution in [0.4, 0.5) is 0 Å². The van der Waals surface area contributed by atoms with Crippen LogP contribution >= 0.6 is 11.8 Å². The highest BCUT2D eigenvalue weighted by atomic mass is 32.2. The van der Waals surface area contributed by atoms with Crippen LogP contribution in [-0.2, 0) is 7.05 Å². The van der Waals surface area contributed by atoms with Crippen LogP contribution in [0.15, 0.2) is 53.7 Å². The third kappa shape index (κ3) is 2.74. The molecule has 1 heterocycles. The minimum Gasteiger partial charge on any atom is -0.289 e. The van der Waals surface area contributed by atoms with Crippen LogP contribution in [-0.4, -0.2) is 12.0 Å². The van der Waals surface area contributed by atoms with Gasteiger partial charge in [-0.05, 0) is 30.5 Å².